The Bertz CT molecular complexity index is 2150. The summed E-state index contributed by atoms with van der Waals surface area (Å²) >= 11 is 0. The summed E-state index contributed by atoms with van der Waals surface area (Å²) in [7, 11) is 0. The topological polar surface area (TPSA) is 82.9 Å². The Balaban J connectivity index is 2.24. The quantitative estimate of drug-likeness (QED) is 0.0616. The van der Waals surface area contributed by atoms with Crippen LogP contribution < -0.4 is 4.74 Å². The van der Waals surface area contributed by atoms with Crippen LogP contribution in [0.5, 0.6) is 5.75 Å². The summed E-state index contributed by atoms with van der Waals surface area (Å²) < 4.78 is 435. The molecule has 0 radical (unpaired) electrons. The summed E-state index contributed by atoms with van der Waals surface area (Å²) in [5, 5.41) is 9.85. The predicted octanol–water partition coefficient (Wildman–Crippen LogP) is 14.1. The van der Waals surface area contributed by atoms with Gasteiger partial charge in [-0.1, -0.05) is 39.0 Å². The minimum absolute atomic E-state index is 0.188. The van der Waals surface area contributed by atoms with E-state index in [2.05, 4.69) is 21.6 Å². The number of ether oxygens (including phenoxy) is 4. The molecule has 7 nitrogen and oxygen atoms in total. The summed E-state index contributed by atoms with van der Waals surface area (Å²) in [6.07, 6.45) is -35.6. The third-order valence-electron chi connectivity index (χ3n) is 9.83. The molecule has 0 aliphatic heterocycles. The molecule has 0 saturated heterocycles. The zero-order valence-corrected chi connectivity index (χ0v) is 36.3. The maximum Gasteiger partial charge on any atom is 0.460 e. The molecule has 1 atom stereocenters. The van der Waals surface area contributed by atoms with Crippen LogP contribution in [0.4, 0.5) is 136 Å². The number of nitrogens with zero attached hydrogens (tertiary/aromatic N) is 2. The average molecular weight is 1170 g/mol. The molecule has 0 saturated carbocycles. The van der Waals surface area contributed by atoms with Gasteiger partial charge >= 0.3 is 89.8 Å². The number of aliphatic hydroxyl groups excluding tert-OH is 1. The van der Waals surface area contributed by atoms with Crippen LogP contribution in [-0.2, 0) is 20.6 Å². The van der Waals surface area contributed by atoms with Gasteiger partial charge in [0.25, 0.3) is 0 Å². The molecule has 0 aliphatic rings. The molecule has 0 aliphatic carbocycles. The first-order chi connectivity index (χ1) is 33.3. The Morgan fingerprint density at radius 3 is 1.23 bits per heavy atom. The molecule has 1 aromatic carbocycles. The van der Waals surface area contributed by atoms with Gasteiger partial charge in [-0.15, -0.1) is 0 Å². The normalized spacial score (nSPS) is 15.6. The molecule has 1 unspecified atom stereocenters. The number of aliphatic hydroxyl groups is 1. The summed E-state index contributed by atoms with van der Waals surface area (Å²) in [4.78, 5) is 8.38. The Morgan fingerprint density at radius 1 is 0.440 bits per heavy atom. The van der Waals surface area contributed by atoms with Crippen molar-refractivity contribution in [3.05, 3.63) is 42.2 Å². The van der Waals surface area contributed by atoms with Crippen LogP contribution in [-0.4, -0.2) is 131 Å². The van der Waals surface area contributed by atoms with Gasteiger partial charge in [-0.25, -0.2) is 19.4 Å². The zero-order valence-electron chi connectivity index (χ0n) is 36.3. The Hall–Kier alpha value is -4.23. The number of hydrogen-bond acceptors (Lipinski definition) is 7. The van der Waals surface area contributed by atoms with Crippen molar-refractivity contribution >= 4 is 0 Å². The monoisotopic (exact) mass is 1170 g/mol. The zero-order chi connectivity index (χ0) is 58.9. The van der Waals surface area contributed by atoms with E-state index in [0.29, 0.717) is 12.0 Å². The van der Waals surface area contributed by atoms with Crippen LogP contribution in [0.2, 0.25) is 0 Å². The van der Waals surface area contributed by atoms with Crippen molar-refractivity contribution in [2.24, 2.45) is 0 Å². The van der Waals surface area contributed by atoms with Gasteiger partial charge < -0.3 is 14.6 Å². The molecule has 0 spiro atoms. The number of alkyl halides is 31. The van der Waals surface area contributed by atoms with Crippen LogP contribution in [0.25, 0.3) is 11.4 Å². The number of halogens is 31. The lowest BCUT2D eigenvalue weighted by atomic mass is 9.87. The van der Waals surface area contributed by atoms with E-state index in [1.165, 1.54) is 12.1 Å². The minimum Gasteiger partial charge on any atom is -0.491 e. The highest BCUT2D eigenvalue weighted by Crippen LogP contribution is 2.66. The number of benzene rings is 1. The van der Waals surface area contributed by atoms with E-state index in [4.69, 9.17) is 4.74 Å². The fraction of sp³-hybridized carbons (Fsp3) is 0.730. The average Bonchev–Trinajstić information content (AvgIpc) is 3.25. The van der Waals surface area contributed by atoms with Crippen molar-refractivity contribution in [2.75, 3.05) is 19.8 Å². The van der Waals surface area contributed by atoms with E-state index in [1.54, 1.807) is 12.4 Å². The van der Waals surface area contributed by atoms with Crippen LogP contribution in [0.3, 0.4) is 0 Å². The Labute approximate surface area is 397 Å². The van der Waals surface area contributed by atoms with E-state index in [9.17, 15) is 141 Å². The Morgan fingerprint density at radius 2 is 0.813 bits per heavy atom. The summed E-state index contributed by atoms with van der Waals surface area (Å²) in [5.74, 6) is -89.9. The molecular formula is C37H31F31N2O5. The van der Waals surface area contributed by atoms with Gasteiger partial charge in [0.05, 0.1) is 6.61 Å². The van der Waals surface area contributed by atoms with Crippen molar-refractivity contribution in [2.45, 2.75) is 148 Å². The fourth-order valence-electron chi connectivity index (χ4n) is 5.42. The predicted molar refractivity (Wildman–Crippen MR) is 184 cm³/mol. The third-order valence-corrected chi connectivity index (χ3v) is 9.83. The van der Waals surface area contributed by atoms with E-state index in [-0.39, 0.29) is 11.6 Å². The van der Waals surface area contributed by atoms with Gasteiger partial charge in [0, 0.05) is 18.0 Å². The van der Waals surface area contributed by atoms with Crippen molar-refractivity contribution < 1.29 is 160 Å². The maximum absolute atomic E-state index is 14.3. The van der Waals surface area contributed by atoms with Gasteiger partial charge in [0.15, 0.2) is 5.82 Å². The van der Waals surface area contributed by atoms with E-state index < -0.39 is 116 Å². The molecule has 2 aromatic rings. The lowest BCUT2D eigenvalue weighted by Gasteiger charge is -2.44. The SMILES string of the molecule is CCCCCCCCc1cnc(-c2ccc(OCC(O)COCC(F)(F)C(F)(F)C(F)(F)C(F)(F)C(F)(F)C(F)(F)C(F)(F)C(F)(F)C(F)(F)OC(F)(F)C(F)(F)OC(F)(F)C(F)(F)C(F)(F)C(F)(F)F)cc2)nc1. The van der Waals surface area contributed by atoms with Gasteiger partial charge in [-0.2, -0.15) is 136 Å². The molecule has 1 aromatic heterocycles. The smallest absolute Gasteiger partial charge is 0.460 e. The lowest BCUT2D eigenvalue weighted by molar-refractivity contribution is -0.560. The minimum atomic E-state index is -9.76. The Kier molecular flexibility index (Phi) is 19.5. The van der Waals surface area contributed by atoms with Gasteiger partial charge in [-0.3, -0.25) is 0 Å². The highest BCUT2D eigenvalue weighted by Gasteiger charge is 2.97. The van der Waals surface area contributed by atoms with Gasteiger partial charge in [0.1, 0.15) is 25.1 Å². The summed E-state index contributed by atoms with van der Waals surface area (Å²) in [6.45, 7) is -4.40. The molecule has 38 heteroatoms. The van der Waals surface area contributed by atoms with Crippen molar-refractivity contribution in [1.82, 2.24) is 9.97 Å². The summed E-state index contributed by atoms with van der Waals surface area (Å²) in [5.41, 5.74) is 1.17. The number of rotatable bonds is 30. The second-order valence-corrected chi connectivity index (χ2v) is 15.6. The van der Waals surface area contributed by atoms with Crippen molar-refractivity contribution in [3.63, 3.8) is 0 Å². The van der Waals surface area contributed by atoms with E-state index in [1.807, 2.05) is 0 Å². The lowest BCUT2D eigenvalue weighted by Crippen LogP contribution is -2.76. The van der Waals surface area contributed by atoms with Crippen LogP contribution in [0, 0.1) is 0 Å². The first kappa shape index (κ1) is 66.9. The highest BCUT2D eigenvalue weighted by molar-refractivity contribution is 5.55. The molecule has 436 valence electrons. The number of aryl methyl sites for hydroxylation is 1. The molecule has 0 bridgehead atoms. The first-order valence-corrected chi connectivity index (χ1v) is 19.8. The van der Waals surface area contributed by atoms with Gasteiger partial charge in [0.2, 0.25) is 0 Å². The molecule has 1 heterocycles. The van der Waals surface area contributed by atoms with Crippen molar-refractivity contribution in [3.8, 4) is 17.1 Å². The molecule has 2 rings (SSSR count). The molecule has 1 N–H and O–H groups in total. The molecule has 0 fully saturated rings. The summed E-state index contributed by atoms with van der Waals surface area (Å²) in [6, 6.07) is 4.95. The third kappa shape index (κ3) is 12.6. The molecular weight excluding hydrogens is 1140 g/mol. The van der Waals surface area contributed by atoms with Crippen molar-refractivity contribution in [1.29, 1.82) is 0 Å². The second kappa shape index (κ2) is 21.9. The van der Waals surface area contributed by atoms with E-state index >= 15 is 0 Å². The fourth-order valence-corrected chi connectivity index (χ4v) is 5.42. The maximum atomic E-state index is 14.3. The molecule has 75 heavy (non-hydrogen) atoms. The first-order valence-electron chi connectivity index (χ1n) is 19.8. The molecule has 0 amide bonds. The van der Waals surface area contributed by atoms with Crippen LogP contribution >= 0.6 is 0 Å². The van der Waals surface area contributed by atoms with Gasteiger partial charge in [-0.05, 0) is 42.7 Å². The van der Waals surface area contributed by atoms with Crippen LogP contribution in [0.15, 0.2) is 36.7 Å². The number of unbranched alkanes of at least 4 members (excludes halogenated alkanes) is 5. The second-order valence-electron chi connectivity index (χ2n) is 15.6. The number of hydrogen-bond donors (Lipinski definition) is 1. The standard InChI is InChI=1S/C37H31F31N2O5/c1-2-3-4-5-6-7-8-18-13-69-22(70-14-18)19-9-11-21(12-10-19)73-16-20(71)15-72-17-23(38,39)24(40,41)25(42,43)26(44,45)27(46,47)28(48,49)29(50,51)31(54,55)34(61,62)74-36(65,66)37(67,68)75-35(63,64)32(56,57)30(52,53)33(58,59)60/h9-14,20,71H,2-8,15-17H2,1H3. The largest absolute Gasteiger partial charge is 0.491 e. The highest BCUT2D eigenvalue weighted by atomic mass is 19.4. The number of aromatic nitrogens is 2. The van der Waals surface area contributed by atoms with Crippen LogP contribution in [0.1, 0.15) is 51.0 Å². The van der Waals surface area contributed by atoms with E-state index in [0.717, 1.165) is 65.7 Å².